The molecule has 1 saturated heterocycles. The van der Waals surface area contributed by atoms with Crippen LogP contribution in [0.25, 0.3) is 0 Å². The van der Waals surface area contributed by atoms with Crippen LogP contribution in [0.3, 0.4) is 0 Å². The van der Waals surface area contributed by atoms with Crippen LogP contribution in [0.15, 0.2) is 23.1 Å². The Morgan fingerprint density at radius 3 is 2.74 bits per heavy atom. The maximum Gasteiger partial charge on any atom is 0.243 e. The van der Waals surface area contributed by atoms with Gasteiger partial charge in [0.1, 0.15) is 11.6 Å². The van der Waals surface area contributed by atoms with Crippen molar-refractivity contribution in [3.8, 4) is 0 Å². The van der Waals surface area contributed by atoms with E-state index < -0.39 is 15.8 Å². The number of benzene rings is 1. The lowest BCUT2D eigenvalue weighted by Crippen LogP contribution is -2.40. The van der Waals surface area contributed by atoms with Gasteiger partial charge in [-0.05, 0) is 50.6 Å². The van der Waals surface area contributed by atoms with E-state index in [1.165, 1.54) is 22.5 Å². The summed E-state index contributed by atoms with van der Waals surface area (Å²) >= 11 is 0. The van der Waals surface area contributed by atoms with Crippen LogP contribution in [0.1, 0.15) is 42.5 Å². The van der Waals surface area contributed by atoms with Gasteiger partial charge in [0.05, 0.1) is 17.5 Å². The first-order chi connectivity index (χ1) is 12.9. The SMILES string of the molecule is Cc1cc(S(=O)(=O)N2CCCC[C@@H]2c2nnc3n2CCN(C)C3)ccc1F. The smallest absolute Gasteiger partial charge is 0.243 e. The molecule has 7 nitrogen and oxygen atoms in total. The molecule has 2 aromatic rings. The minimum Gasteiger partial charge on any atom is -0.311 e. The van der Waals surface area contributed by atoms with E-state index in [4.69, 9.17) is 0 Å². The Labute approximate surface area is 158 Å². The van der Waals surface area contributed by atoms with Gasteiger partial charge in [0.15, 0.2) is 5.82 Å². The van der Waals surface area contributed by atoms with Crippen LogP contribution in [-0.4, -0.2) is 52.5 Å². The number of hydrogen-bond acceptors (Lipinski definition) is 5. The van der Waals surface area contributed by atoms with Gasteiger partial charge in [-0.3, -0.25) is 4.90 Å². The number of aryl methyl sites for hydroxylation is 1. The number of hydrogen-bond donors (Lipinski definition) is 0. The van der Waals surface area contributed by atoms with Gasteiger partial charge in [0.2, 0.25) is 10.0 Å². The summed E-state index contributed by atoms with van der Waals surface area (Å²) in [5.41, 5.74) is 0.326. The summed E-state index contributed by atoms with van der Waals surface area (Å²) in [4.78, 5) is 2.30. The fraction of sp³-hybridized carbons (Fsp3) is 0.556. The summed E-state index contributed by atoms with van der Waals surface area (Å²) in [5, 5.41) is 8.66. The summed E-state index contributed by atoms with van der Waals surface area (Å²) in [5.74, 6) is 1.19. The zero-order valence-electron chi connectivity index (χ0n) is 15.6. The molecule has 2 aliphatic rings. The highest BCUT2D eigenvalue weighted by Gasteiger charge is 2.38. The average Bonchev–Trinajstić information content (AvgIpc) is 3.06. The molecule has 0 N–H and O–H groups in total. The van der Waals surface area contributed by atoms with Gasteiger partial charge in [-0.15, -0.1) is 10.2 Å². The first-order valence-corrected chi connectivity index (χ1v) is 10.7. The van der Waals surface area contributed by atoms with Gasteiger partial charge in [0, 0.05) is 19.6 Å². The van der Waals surface area contributed by atoms with Crippen LogP contribution in [0.5, 0.6) is 0 Å². The zero-order valence-corrected chi connectivity index (χ0v) is 16.4. The highest BCUT2D eigenvalue weighted by Crippen LogP contribution is 2.35. The van der Waals surface area contributed by atoms with Gasteiger partial charge in [-0.2, -0.15) is 4.31 Å². The number of halogens is 1. The molecule has 0 amide bonds. The van der Waals surface area contributed by atoms with Crippen LogP contribution in [0, 0.1) is 12.7 Å². The van der Waals surface area contributed by atoms with Crippen molar-refractivity contribution in [2.24, 2.45) is 0 Å². The normalized spacial score (nSPS) is 22.0. The molecular weight excluding hydrogens is 369 g/mol. The van der Waals surface area contributed by atoms with Crippen molar-refractivity contribution >= 4 is 10.0 Å². The highest BCUT2D eigenvalue weighted by molar-refractivity contribution is 7.89. The molecule has 1 aromatic heterocycles. The van der Waals surface area contributed by atoms with E-state index >= 15 is 0 Å². The maximum atomic E-state index is 13.6. The van der Waals surface area contributed by atoms with E-state index in [1.54, 1.807) is 6.92 Å². The number of fused-ring (bicyclic) bond motifs is 1. The number of likely N-dealkylation sites (N-methyl/N-ethyl adjacent to an activating group) is 1. The van der Waals surface area contributed by atoms with E-state index in [0.29, 0.717) is 25.1 Å². The predicted molar refractivity (Wildman–Crippen MR) is 98.0 cm³/mol. The van der Waals surface area contributed by atoms with Crippen molar-refractivity contribution < 1.29 is 12.8 Å². The van der Waals surface area contributed by atoms with Gasteiger partial charge >= 0.3 is 0 Å². The molecule has 9 heteroatoms. The molecule has 0 spiro atoms. The van der Waals surface area contributed by atoms with Crippen molar-refractivity contribution in [3.05, 3.63) is 41.2 Å². The molecule has 0 unspecified atom stereocenters. The third-order valence-electron chi connectivity index (χ3n) is 5.46. The van der Waals surface area contributed by atoms with E-state index in [-0.39, 0.29) is 10.9 Å². The number of rotatable bonds is 3. The summed E-state index contributed by atoms with van der Waals surface area (Å²) in [6.45, 7) is 4.37. The largest absolute Gasteiger partial charge is 0.311 e. The van der Waals surface area contributed by atoms with Gasteiger partial charge in [-0.1, -0.05) is 6.42 Å². The topological polar surface area (TPSA) is 71.3 Å². The summed E-state index contributed by atoms with van der Waals surface area (Å²) < 4.78 is 43.8. The number of aromatic nitrogens is 3. The minimum absolute atomic E-state index is 0.131. The summed E-state index contributed by atoms with van der Waals surface area (Å²) in [6.07, 6.45) is 2.47. The van der Waals surface area contributed by atoms with E-state index in [1.807, 2.05) is 7.05 Å². The predicted octanol–water partition coefficient (Wildman–Crippen LogP) is 2.09. The Morgan fingerprint density at radius 2 is 1.96 bits per heavy atom. The number of sulfonamides is 1. The monoisotopic (exact) mass is 393 g/mol. The molecule has 146 valence electrons. The Hall–Kier alpha value is -1.84. The second-order valence-electron chi connectivity index (χ2n) is 7.40. The van der Waals surface area contributed by atoms with Gasteiger partial charge < -0.3 is 4.57 Å². The lowest BCUT2D eigenvalue weighted by molar-refractivity contribution is 0.224. The molecule has 3 heterocycles. The van der Waals surface area contributed by atoms with Crippen LogP contribution < -0.4 is 0 Å². The van der Waals surface area contributed by atoms with Crippen LogP contribution >= 0.6 is 0 Å². The molecule has 0 radical (unpaired) electrons. The summed E-state index contributed by atoms with van der Waals surface area (Å²) in [7, 11) is -1.70. The molecule has 0 saturated carbocycles. The second-order valence-corrected chi connectivity index (χ2v) is 9.29. The average molecular weight is 393 g/mol. The van der Waals surface area contributed by atoms with Crippen molar-refractivity contribution in [2.75, 3.05) is 20.1 Å². The van der Waals surface area contributed by atoms with Crippen LogP contribution in [0.4, 0.5) is 4.39 Å². The van der Waals surface area contributed by atoms with E-state index in [0.717, 1.165) is 37.6 Å². The third-order valence-corrected chi connectivity index (χ3v) is 7.36. The van der Waals surface area contributed by atoms with Crippen molar-refractivity contribution in [3.63, 3.8) is 0 Å². The molecular formula is C18H24FN5O2S. The minimum atomic E-state index is -3.74. The Balaban J connectivity index is 1.72. The van der Waals surface area contributed by atoms with Crippen LogP contribution in [-0.2, 0) is 23.1 Å². The molecule has 27 heavy (non-hydrogen) atoms. The summed E-state index contributed by atoms with van der Waals surface area (Å²) in [6, 6.07) is 3.64. The Morgan fingerprint density at radius 1 is 1.15 bits per heavy atom. The van der Waals surface area contributed by atoms with E-state index in [2.05, 4.69) is 19.7 Å². The second kappa shape index (κ2) is 6.96. The quantitative estimate of drug-likeness (QED) is 0.799. The lowest BCUT2D eigenvalue weighted by Gasteiger charge is -2.35. The molecule has 2 aliphatic heterocycles. The third kappa shape index (κ3) is 3.28. The number of piperidine rings is 1. The molecule has 1 atom stereocenters. The lowest BCUT2D eigenvalue weighted by atomic mass is 10.0. The Bertz CT molecular complexity index is 959. The van der Waals surface area contributed by atoms with Gasteiger partial charge in [-0.25, -0.2) is 12.8 Å². The van der Waals surface area contributed by atoms with E-state index in [9.17, 15) is 12.8 Å². The fourth-order valence-corrected chi connectivity index (χ4v) is 5.65. The highest BCUT2D eigenvalue weighted by atomic mass is 32.2. The molecule has 1 aromatic carbocycles. The zero-order chi connectivity index (χ0) is 19.2. The molecule has 0 aliphatic carbocycles. The molecule has 1 fully saturated rings. The molecule has 4 rings (SSSR count). The molecule has 0 bridgehead atoms. The number of nitrogens with zero attached hydrogens (tertiary/aromatic N) is 5. The Kier molecular flexibility index (Phi) is 4.77. The maximum absolute atomic E-state index is 13.6. The first-order valence-electron chi connectivity index (χ1n) is 9.26. The fourth-order valence-electron chi connectivity index (χ4n) is 3.91. The van der Waals surface area contributed by atoms with Crippen molar-refractivity contribution in [1.29, 1.82) is 0 Å². The van der Waals surface area contributed by atoms with Crippen molar-refractivity contribution in [1.82, 2.24) is 24.0 Å². The van der Waals surface area contributed by atoms with Gasteiger partial charge in [0.25, 0.3) is 0 Å². The first kappa shape index (κ1) is 18.5. The van der Waals surface area contributed by atoms with Crippen molar-refractivity contribution in [2.45, 2.75) is 50.2 Å². The standard InChI is InChI=1S/C18H24FN5O2S/c1-13-11-14(6-7-15(13)19)27(25,26)24-8-4-3-5-16(24)18-21-20-17-12-22(2)9-10-23(17)18/h6-7,11,16H,3-5,8-10,12H2,1-2H3/t16-/m1/s1. The van der Waals surface area contributed by atoms with Crippen LogP contribution in [0.2, 0.25) is 0 Å².